The molecule has 0 fully saturated rings. The van der Waals surface area contributed by atoms with Gasteiger partial charge in [-0.1, -0.05) is 6.07 Å². The number of halogens is 1. The fourth-order valence-corrected chi connectivity index (χ4v) is 5.55. The molecule has 0 spiro atoms. The average molecular weight is 1070 g/mol. The summed E-state index contributed by atoms with van der Waals surface area (Å²) in [5, 5.41) is 117. The Balaban J connectivity index is 0.000000160. The highest BCUT2D eigenvalue weighted by atomic mass is 19.1. The molecule has 79 heavy (non-hydrogen) atoms. The minimum atomic E-state index is -1.32. The van der Waals surface area contributed by atoms with E-state index < -0.39 is 41.2 Å². The van der Waals surface area contributed by atoms with Gasteiger partial charge in [0.05, 0.1) is 22.3 Å². The monoisotopic (exact) mass is 1070 g/mol. The predicted octanol–water partition coefficient (Wildman–Crippen LogP) is 2.41. The summed E-state index contributed by atoms with van der Waals surface area (Å²) in [6.07, 6.45) is 7.39. The van der Waals surface area contributed by atoms with Gasteiger partial charge < -0.3 is 25.5 Å². The van der Waals surface area contributed by atoms with Crippen molar-refractivity contribution < 1.29 is 53.9 Å². The molecule has 0 saturated carbocycles. The van der Waals surface area contributed by atoms with Crippen molar-refractivity contribution in [3.05, 3.63) is 161 Å². The lowest BCUT2D eigenvalue weighted by atomic mass is 10.1. The average Bonchev–Trinajstić information content (AvgIpc) is 3.47. The minimum absolute atomic E-state index is 0.0319. The van der Waals surface area contributed by atoms with Crippen LogP contribution in [0.3, 0.4) is 0 Å². The first-order valence-electron chi connectivity index (χ1n) is 21.5. The van der Waals surface area contributed by atoms with Gasteiger partial charge in [0.2, 0.25) is 29.1 Å². The maximum Gasteiger partial charge on any atom is 0.354 e. The van der Waals surface area contributed by atoms with E-state index in [1.807, 2.05) is 0 Å². The van der Waals surface area contributed by atoms with E-state index in [0.29, 0.717) is 56.9 Å². The number of benzene rings is 2. The summed E-state index contributed by atoms with van der Waals surface area (Å²) in [5.41, 5.74) is 3.16. The van der Waals surface area contributed by atoms with Crippen LogP contribution in [0.5, 0.6) is 0 Å². The van der Waals surface area contributed by atoms with Crippen LogP contribution < -0.4 is 0 Å². The van der Waals surface area contributed by atoms with Crippen LogP contribution in [-0.4, -0.2) is 172 Å². The number of nitrogens with zero attached hydrogens (tertiary/aromatic N) is 23. The topological polar surface area (TPSA) is 483 Å². The van der Waals surface area contributed by atoms with Gasteiger partial charge in [-0.25, -0.2) is 33.3 Å². The van der Waals surface area contributed by atoms with Gasteiger partial charge in [-0.05, 0) is 93.1 Å². The first kappa shape index (κ1) is 56.2. The standard InChI is InChI=1S/C11H10N4O2.C9H5FN4O2.C9H7N5O2.2C8H5N5O2/c1-6-5-8(3-4-9(6)11(16)17)10-14-12-7(2)13-15-10;10-7-3-5(1-2-6(7)9(15)16)8-13-11-4-12-14-8;1-5-11-13-8(14-12-5)7-3-2-6(4-10-7)9(15)16;14-8(15)5-1-2-6(9-3-5)7-12-10-4-11-13-7;14-8(15)6-2-1-5(3-9-6)7-12-10-4-11-13-7/h3-5H,1-2H3,(H,16,17);1-4H,(H,15,16);2-4H,1H3,(H,15,16);2*1-4H,(H,14,15). The quantitative estimate of drug-likeness (QED) is 0.131. The molecule has 0 atom stereocenters. The Kier molecular flexibility index (Phi) is 19.4. The second-order valence-electron chi connectivity index (χ2n) is 14.7. The number of carboxylic acids is 5. The van der Waals surface area contributed by atoms with Crippen LogP contribution in [0, 0.1) is 26.6 Å². The fourth-order valence-electron chi connectivity index (χ4n) is 5.55. The summed E-state index contributed by atoms with van der Waals surface area (Å²) in [5.74, 6) is -3.94. The van der Waals surface area contributed by atoms with Gasteiger partial charge in [0.1, 0.15) is 22.9 Å². The summed E-state index contributed by atoms with van der Waals surface area (Å²) in [7, 11) is 0. The third-order valence-corrected chi connectivity index (χ3v) is 9.27. The third-order valence-electron chi connectivity index (χ3n) is 9.27. The lowest BCUT2D eigenvalue weighted by Gasteiger charge is -2.03. The zero-order valence-electron chi connectivity index (χ0n) is 40.3. The van der Waals surface area contributed by atoms with E-state index in [0.717, 1.165) is 18.5 Å². The van der Waals surface area contributed by atoms with Crippen LogP contribution in [0.1, 0.15) is 69.1 Å². The van der Waals surface area contributed by atoms with Crippen LogP contribution >= 0.6 is 0 Å². The number of aromatic nitrogens is 23. The van der Waals surface area contributed by atoms with Crippen molar-refractivity contribution in [2.24, 2.45) is 0 Å². The Morgan fingerprint density at radius 2 is 0.759 bits per heavy atom. The zero-order valence-corrected chi connectivity index (χ0v) is 40.3. The molecule has 5 N–H and O–H groups in total. The SMILES string of the molecule is Cc1nnc(-c2ccc(C(=O)O)c(C)c2)nn1.Cc1nnc(-c2ccc(C(=O)O)cn2)nn1.O=C(O)c1ccc(-c2nncnn2)cc1F.O=C(O)c1ccc(-c2nncnn2)cn1.O=C(O)c1ccc(-c2nncnn2)nc1. The maximum atomic E-state index is 13.3. The molecule has 0 aliphatic carbocycles. The summed E-state index contributed by atoms with van der Waals surface area (Å²) in [4.78, 5) is 64.6. The molecule has 0 aliphatic heterocycles. The Bertz CT molecular complexity index is 3590. The Morgan fingerprint density at radius 3 is 1.14 bits per heavy atom. The number of hydrogen-bond donors (Lipinski definition) is 5. The van der Waals surface area contributed by atoms with Gasteiger partial charge in [0.15, 0.2) is 30.6 Å². The Labute approximate surface area is 439 Å². The highest BCUT2D eigenvalue weighted by molar-refractivity contribution is 5.90. The summed E-state index contributed by atoms with van der Waals surface area (Å²) < 4.78 is 13.3. The normalized spacial score (nSPS) is 10.0. The van der Waals surface area contributed by atoms with Gasteiger partial charge in [0.25, 0.3) is 0 Å². The predicted molar refractivity (Wildman–Crippen MR) is 258 cm³/mol. The molecule has 8 heterocycles. The van der Waals surface area contributed by atoms with Gasteiger partial charge in [-0.3, -0.25) is 9.97 Å². The van der Waals surface area contributed by atoms with Crippen molar-refractivity contribution in [3.8, 4) is 57.2 Å². The molecular formula is C45H32FN23O10. The van der Waals surface area contributed by atoms with Crippen molar-refractivity contribution in [1.82, 2.24) is 117 Å². The Morgan fingerprint density at radius 1 is 0.367 bits per heavy atom. The van der Waals surface area contributed by atoms with Crippen LogP contribution in [0.2, 0.25) is 0 Å². The number of carboxylic acid groups (broad SMARTS) is 5. The third kappa shape index (κ3) is 16.4. The van der Waals surface area contributed by atoms with Gasteiger partial charge in [-0.15, -0.1) is 102 Å². The second-order valence-corrected chi connectivity index (χ2v) is 14.7. The highest BCUT2D eigenvalue weighted by Crippen LogP contribution is 2.20. The molecule has 34 heteroatoms. The van der Waals surface area contributed by atoms with Crippen LogP contribution in [0.15, 0.2) is 110 Å². The molecule has 10 aromatic rings. The van der Waals surface area contributed by atoms with Crippen LogP contribution in [0.25, 0.3) is 57.2 Å². The molecule has 0 amide bonds. The summed E-state index contributed by atoms with van der Waals surface area (Å²) in [6, 6.07) is 17.2. The van der Waals surface area contributed by atoms with E-state index in [9.17, 15) is 28.4 Å². The first-order valence-corrected chi connectivity index (χ1v) is 21.5. The van der Waals surface area contributed by atoms with Gasteiger partial charge in [-0.2, -0.15) is 0 Å². The van der Waals surface area contributed by atoms with E-state index >= 15 is 0 Å². The maximum absolute atomic E-state index is 13.3. The minimum Gasteiger partial charge on any atom is -0.478 e. The number of carbonyl (C=O) groups is 5. The van der Waals surface area contributed by atoms with E-state index in [1.165, 1.54) is 73.7 Å². The van der Waals surface area contributed by atoms with Crippen LogP contribution in [-0.2, 0) is 0 Å². The van der Waals surface area contributed by atoms with Crippen molar-refractivity contribution in [2.75, 3.05) is 0 Å². The smallest absolute Gasteiger partial charge is 0.354 e. The molecule has 0 saturated heterocycles. The molecule has 2 aromatic carbocycles. The molecule has 0 radical (unpaired) electrons. The van der Waals surface area contributed by atoms with Gasteiger partial charge >= 0.3 is 29.8 Å². The second kappa shape index (κ2) is 27.2. The largest absolute Gasteiger partial charge is 0.478 e. The van der Waals surface area contributed by atoms with Crippen LogP contribution in [0.4, 0.5) is 4.39 Å². The molecule has 8 aromatic heterocycles. The van der Waals surface area contributed by atoms with Crippen molar-refractivity contribution >= 4 is 29.8 Å². The number of hydrogen-bond acceptors (Lipinski definition) is 28. The van der Waals surface area contributed by atoms with E-state index in [1.54, 1.807) is 39.0 Å². The van der Waals surface area contributed by atoms with Crippen molar-refractivity contribution in [2.45, 2.75) is 20.8 Å². The number of aryl methyl sites for hydroxylation is 3. The number of rotatable bonds is 10. The van der Waals surface area contributed by atoms with E-state index in [2.05, 4.69) is 117 Å². The molecule has 0 aliphatic rings. The zero-order chi connectivity index (χ0) is 56.8. The van der Waals surface area contributed by atoms with E-state index in [-0.39, 0.29) is 39.9 Å². The summed E-state index contributed by atoms with van der Waals surface area (Å²) >= 11 is 0. The lowest BCUT2D eigenvalue weighted by Crippen LogP contribution is -2.02. The Hall–Kier alpha value is -12.1. The molecule has 10 rings (SSSR count). The fraction of sp³-hybridized carbons (Fsp3) is 0.0667. The number of pyridine rings is 3. The summed E-state index contributed by atoms with van der Waals surface area (Å²) in [6.45, 7) is 5.09. The van der Waals surface area contributed by atoms with E-state index in [4.69, 9.17) is 25.5 Å². The van der Waals surface area contributed by atoms with Crippen molar-refractivity contribution in [1.29, 1.82) is 0 Å². The first-order chi connectivity index (χ1) is 38.0. The lowest BCUT2D eigenvalue weighted by molar-refractivity contribution is 0.0680. The molecule has 0 unspecified atom stereocenters. The molecule has 33 nitrogen and oxygen atoms in total. The van der Waals surface area contributed by atoms with Crippen molar-refractivity contribution in [3.63, 3.8) is 0 Å². The molecule has 394 valence electrons. The highest BCUT2D eigenvalue weighted by Gasteiger charge is 2.14. The molecular weight excluding hydrogens is 1040 g/mol. The number of aromatic carboxylic acids is 5. The molecule has 0 bridgehead atoms. The van der Waals surface area contributed by atoms with Gasteiger partial charge in [0, 0.05) is 35.3 Å².